The van der Waals surface area contributed by atoms with Gasteiger partial charge in [-0.1, -0.05) is 30.8 Å². The van der Waals surface area contributed by atoms with E-state index >= 15 is 0 Å². The highest BCUT2D eigenvalue weighted by atomic mass is 16.5. The van der Waals surface area contributed by atoms with Crippen molar-refractivity contribution < 1.29 is 9.53 Å². The van der Waals surface area contributed by atoms with Crippen molar-refractivity contribution in [2.75, 3.05) is 12.4 Å². The Morgan fingerprint density at radius 1 is 1.10 bits per heavy atom. The number of ketones is 1. The number of pyridine rings is 1. The lowest BCUT2D eigenvalue weighted by Crippen LogP contribution is -2.20. The van der Waals surface area contributed by atoms with Crippen LogP contribution in [0.4, 0.5) is 5.69 Å². The Morgan fingerprint density at radius 2 is 1.79 bits per heavy atom. The van der Waals surface area contributed by atoms with E-state index in [1.807, 2.05) is 57.2 Å². The predicted molar refractivity (Wildman–Crippen MR) is 117 cm³/mol. The van der Waals surface area contributed by atoms with Gasteiger partial charge in [0.2, 0.25) is 5.43 Å². The zero-order valence-electron chi connectivity index (χ0n) is 17.1. The number of hydrogen-bond donors (Lipinski definition) is 1. The summed E-state index contributed by atoms with van der Waals surface area (Å²) in [5, 5.41) is 2.87. The van der Waals surface area contributed by atoms with Gasteiger partial charge in [0.15, 0.2) is 11.5 Å². The van der Waals surface area contributed by atoms with Gasteiger partial charge >= 0.3 is 0 Å². The van der Waals surface area contributed by atoms with Crippen molar-refractivity contribution in [3.63, 3.8) is 0 Å². The van der Waals surface area contributed by atoms with Crippen molar-refractivity contribution in [3.05, 3.63) is 93.9 Å². The maximum absolute atomic E-state index is 12.5. The number of allylic oxidation sites excluding steroid dienone is 1. The van der Waals surface area contributed by atoms with Crippen LogP contribution >= 0.6 is 0 Å². The molecule has 3 rings (SSSR count). The lowest BCUT2D eigenvalue weighted by Gasteiger charge is -2.18. The molecule has 0 aliphatic rings. The number of rotatable bonds is 6. The summed E-state index contributed by atoms with van der Waals surface area (Å²) in [5.74, 6) is 0.983. The average molecular weight is 388 g/mol. The molecule has 5 nitrogen and oxygen atoms in total. The number of benzene rings is 2. The first kappa shape index (κ1) is 20.1. The lowest BCUT2D eigenvalue weighted by molar-refractivity contribution is 0.104. The third kappa shape index (κ3) is 3.99. The fourth-order valence-corrected chi connectivity index (χ4v) is 3.17. The summed E-state index contributed by atoms with van der Waals surface area (Å²) in [6.45, 7) is 9.47. The van der Waals surface area contributed by atoms with Crippen LogP contribution in [0.25, 0.3) is 5.69 Å². The molecule has 3 aromatic rings. The third-order valence-electron chi connectivity index (χ3n) is 4.76. The third-order valence-corrected chi connectivity index (χ3v) is 4.76. The van der Waals surface area contributed by atoms with Crippen LogP contribution in [0.3, 0.4) is 0 Å². The Kier molecular flexibility index (Phi) is 5.69. The second kappa shape index (κ2) is 8.19. The lowest BCUT2D eigenvalue weighted by atomic mass is 10.1. The van der Waals surface area contributed by atoms with Gasteiger partial charge in [0.1, 0.15) is 5.75 Å². The second-order valence-electron chi connectivity index (χ2n) is 6.93. The first-order chi connectivity index (χ1) is 13.8. The van der Waals surface area contributed by atoms with Crippen molar-refractivity contribution >= 4 is 11.5 Å². The molecule has 0 bridgehead atoms. The van der Waals surface area contributed by atoms with E-state index < -0.39 is 5.78 Å². The van der Waals surface area contributed by atoms with E-state index in [1.54, 1.807) is 17.8 Å². The van der Waals surface area contributed by atoms with Gasteiger partial charge in [0.05, 0.1) is 16.9 Å². The summed E-state index contributed by atoms with van der Waals surface area (Å²) < 4.78 is 8.02. The number of carbonyl (C=O) groups excluding carboxylic acids is 1. The molecule has 0 spiro atoms. The van der Waals surface area contributed by atoms with Crippen LogP contribution < -0.4 is 15.5 Å². The Hall–Kier alpha value is -3.60. The Bertz CT molecular complexity index is 1140. The molecule has 2 aromatic carbocycles. The van der Waals surface area contributed by atoms with Crippen molar-refractivity contribution in [2.24, 2.45) is 0 Å². The normalized spacial score (nSPS) is 10.5. The Labute approximate surface area is 170 Å². The second-order valence-corrected chi connectivity index (χ2v) is 6.93. The van der Waals surface area contributed by atoms with Crippen LogP contribution in [-0.4, -0.2) is 17.4 Å². The van der Waals surface area contributed by atoms with Crippen molar-refractivity contribution in [3.8, 4) is 17.2 Å². The molecular formula is C24H24N2O3. The van der Waals surface area contributed by atoms with Crippen LogP contribution in [0.2, 0.25) is 0 Å². The van der Waals surface area contributed by atoms with E-state index in [4.69, 9.17) is 4.74 Å². The number of para-hydroxylation sites is 1. The van der Waals surface area contributed by atoms with Crippen LogP contribution in [0.5, 0.6) is 11.5 Å². The van der Waals surface area contributed by atoms with E-state index in [2.05, 4.69) is 11.9 Å². The summed E-state index contributed by atoms with van der Waals surface area (Å²) >= 11 is 0. The first-order valence-corrected chi connectivity index (χ1v) is 9.31. The topological polar surface area (TPSA) is 60.3 Å². The maximum atomic E-state index is 12.5. The van der Waals surface area contributed by atoms with Crippen molar-refractivity contribution in [2.45, 2.75) is 20.8 Å². The molecule has 148 valence electrons. The van der Waals surface area contributed by atoms with E-state index in [0.29, 0.717) is 11.4 Å². The Balaban J connectivity index is 2.22. The summed E-state index contributed by atoms with van der Waals surface area (Å²) in [4.78, 5) is 24.8. The quantitative estimate of drug-likeness (QED) is 0.479. The number of aryl methyl sites for hydroxylation is 3. The van der Waals surface area contributed by atoms with Gasteiger partial charge in [0, 0.05) is 19.4 Å². The van der Waals surface area contributed by atoms with E-state index in [9.17, 15) is 9.59 Å². The van der Waals surface area contributed by atoms with Crippen LogP contribution in [0.1, 0.15) is 27.0 Å². The molecule has 1 aromatic heterocycles. The minimum Gasteiger partial charge on any atom is -0.455 e. The maximum Gasteiger partial charge on any atom is 0.215 e. The molecule has 0 aliphatic carbocycles. The number of hydrogen-bond acceptors (Lipinski definition) is 4. The zero-order valence-corrected chi connectivity index (χ0v) is 17.1. The van der Waals surface area contributed by atoms with E-state index in [1.165, 1.54) is 6.20 Å². The smallest absolute Gasteiger partial charge is 0.215 e. The molecule has 0 atom stereocenters. The zero-order chi connectivity index (χ0) is 21.1. The fourth-order valence-electron chi connectivity index (χ4n) is 3.17. The molecule has 0 amide bonds. The van der Waals surface area contributed by atoms with Gasteiger partial charge in [-0.2, -0.15) is 0 Å². The summed E-state index contributed by atoms with van der Waals surface area (Å²) in [7, 11) is 1.65. The highest BCUT2D eigenvalue weighted by molar-refractivity contribution is 6.04. The number of ether oxygens (including phenoxy) is 1. The highest BCUT2D eigenvalue weighted by Crippen LogP contribution is 2.33. The molecule has 0 saturated carbocycles. The van der Waals surface area contributed by atoms with Gasteiger partial charge < -0.3 is 14.6 Å². The van der Waals surface area contributed by atoms with Gasteiger partial charge in [-0.15, -0.1) is 0 Å². The molecule has 1 heterocycles. The molecule has 1 N–H and O–H groups in total. The molecule has 0 radical (unpaired) electrons. The van der Waals surface area contributed by atoms with Crippen LogP contribution in [-0.2, 0) is 0 Å². The highest BCUT2D eigenvalue weighted by Gasteiger charge is 2.16. The average Bonchev–Trinajstić information content (AvgIpc) is 2.71. The monoisotopic (exact) mass is 388 g/mol. The molecule has 0 saturated heterocycles. The summed E-state index contributed by atoms with van der Waals surface area (Å²) in [6.07, 6.45) is 4.33. The van der Waals surface area contributed by atoms with Crippen LogP contribution in [0, 0.1) is 20.8 Å². The fraction of sp³-hybridized carbons (Fsp3) is 0.167. The Morgan fingerprint density at radius 3 is 2.41 bits per heavy atom. The largest absolute Gasteiger partial charge is 0.455 e. The van der Waals surface area contributed by atoms with Crippen molar-refractivity contribution in [1.29, 1.82) is 0 Å². The molecule has 0 aliphatic heterocycles. The number of nitrogens with zero attached hydrogens (tertiary/aromatic N) is 1. The van der Waals surface area contributed by atoms with Crippen molar-refractivity contribution in [1.82, 2.24) is 4.57 Å². The minimum absolute atomic E-state index is 0.0476. The van der Waals surface area contributed by atoms with Gasteiger partial charge in [-0.25, -0.2) is 0 Å². The van der Waals surface area contributed by atoms with Gasteiger partial charge in [0.25, 0.3) is 0 Å². The summed E-state index contributed by atoms with van der Waals surface area (Å²) in [6, 6.07) is 11.8. The first-order valence-electron chi connectivity index (χ1n) is 9.31. The van der Waals surface area contributed by atoms with E-state index in [0.717, 1.165) is 34.2 Å². The molecule has 29 heavy (non-hydrogen) atoms. The SMILES string of the molecule is C=CC(=O)c1cn(-c2cc(C)ccc2Oc2c(C)cccc2C)cc(NC)c1=O. The molecular weight excluding hydrogens is 364 g/mol. The number of anilines is 1. The summed E-state index contributed by atoms with van der Waals surface area (Å²) in [5.41, 5.74) is 3.80. The minimum atomic E-state index is -0.425. The molecule has 0 unspecified atom stereocenters. The van der Waals surface area contributed by atoms with E-state index in [-0.39, 0.29) is 11.0 Å². The standard InChI is InChI=1S/C24H24N2O3/c1-6-21(27)18-13-26(14-19(25-5)23(18)28)20-12-15(2)10-11-22(20)29-24-16(3)8-7-9-17(24)4/h6-14,25H,1H2,2-5H3. The van der Waals surface area contributed by atoms with Gasteiger partial charge in [-0.3, -0.25) is 9.59 Å². The van der Waals surface area contributed by atoms with Gasteiger partial charge in [-0.05, 0) is 55.7 Å². The number of carbonyl (C=O) groups is 1. The molecule has 0 fully saturated rings. The van der Waals surface area contributed by atoms with Crippen LogP contribution in [0.15, 0.2) is 66.2 Å². The number of nitrogens with one attached hydrogen (secondary N) is 1. The predicted octanol–water partition coefficient (Wildman–Crippen LogP) is 4.97. The number of aromatic nitrogens is 1. The molecule has 5 heteroatoms.